The first-order valence-electron chi connectivity index (χ1n) is 6.75. The van der Waals surface area contributed by atoms with Gasteiger partial charge < -0.3 is 5.32 Å². The van der Waals surface area contributed by atoms with Crippen molar-refractivity contribution in [3.8, 4) is 0 Å². The largest absolute Gasteiger partial charge is 0.319 e. The molecule has 1 aliphatic rings. The third-order valence-electron chi connectivity index (χ3n) is 4.31. The van der Waals surface area contributed by atoms with Crippen molar-refractivity contribution in [2.45, 2.75) is 31.8 Å². The molecule has 0 aromatic heterocycles. The molecular formula is C15H23ClN2. The summed E-state index contributed by atoms with van der Waals surface area (Å²) in [6.45, 7) is 3.39. The minimum absolute atomic E-state index is 0.424. The van der Waals surface area contributed by atoms with E-state index < -0.39 is 0 Å². The second-order valence-electron chi connectivity index (χ2n) is 5.36. The Balaban J connectivity index is 2.02. The molecule has 1 fully saturated rings. The molecule has 3 heteroatoms. The maximum atomic E-state index is 6.07. The Kier molecular flexibility index (Phi) is 4.66. The number of rotatable bonds is 5. The van der Waals surface area contributed by atoms with Gasteiger partial charge in [0.1, 0.15) is 0 Å². The summed E-state index contributed by atoms with van der Waals surface area (Å²) in [6, 6.07) is 9.34. The van der Waals surface area contributed by atoms with Crippen LogP contribution in [0, 0.1) is 5.92 Å². The van der Waals surface area contributed by atoms with Crippen LogP contribution in [-0.2, 0) is 0 Å². The molecule has 0 spiro atoms. The second-order valence-corrected chi connectivity index (χ2v) is 5.80. The van der Waals surface area contributed by atoms with Crippen molar-refractivity contribution < 1.29 is 0 Å². The van der Waals surface area contributed by atoms with E-state index in [0.29, 0.717) is 12.1 Å². The van der Waals surface area contributed by atoms with Crippen molar-refractivity contribution in [3.63, 3.8) is 0 Å². The molecular weight excluding hydrogens is 244 g/mol. The van der Waals surface area contributed by atoms with E-state index in [9.17, 15) is 0 Å². The van der Waals surface area contributed by atoms with Gasteiger partial charge >= 0.3 is 0 Å². The van der Waals surface area contributed by atoms with Gasteiger partial charge in [0.25, 0.3) is 0 Å². The monoisotopic (exact) mass is 266 g/mol. The summed E-state index contributed by atoms with van der Waals surface area (Å²) in [5.74, 6) is 0.793. The van der Waals surface area contributed by atoms with Crippen LogP contribution in [0.25, 0.3) is 0 Å². The molecule has 1 aliphatic carbocycles. The molecule has 0 bridgehead atoms. The lowest BCUT2D eigenvalue weighted by Gasteiger charge is -2.45. The Hall–Kier alpha value is -0.570. The summed E-state index contributed by atoms with van der Waals surface area (Å²) in [5, 5.41) is 4.12. The van der Waals surface area contributed by atoms with E-state index in [1.807, 2.05) is 19.2 Å². The Labute approximate surface area is 115 Å². The minimum Gasteiger partial charge on any atom is -0.319 e. The van der Waals surface area contributed by atoms with E-state index in [4.69, 9.17) is 11.6 Å². The van der Waals surface area contributed by atoms with E-state index in [2.05, 4.69) is 36.3 Å². The number of benzene rings is 1. The molecule has 1 N–H and O–H groups in total. The van der Waals surface area contributed by atoms with Crippen molar-refractivity contribution in [2.24, 2.45) is 5.92 Å². The van der Waals surface area contributed by atoms with Crippen LogP contribution in [0.4, 0.5) is 0 Å². The van der Waals surface area contributed by atoms with Gasteiger partial charge in [-0.15, -0.1) is 0 Å². The van der Waals surface area contributed by atoms with Crippen LogP contribution in [-0.4, -0.2) is 31.6 Å². The number of nitrogens with one attached hydrogen (secondary N) is 1. The first kappa shape index (κ1) is 13.9. The predicted molar refractivity (Wildman–Crippen MR) is 78.1 cm³/mol. The fourth-order valence-electron chi connectivity index (χ4n) is 2.88. The molecule has 0 aliphatic heterocycles. The maximum Gasteiger partial charge on any atom is 0.0409 e. The highest BCUT2D eigenvalue weighted by Crippen LogP contribution is 2.35. The first-order chi connectivity index (χ1) is 8.63. The first-order valence-corrected chi connectivity index (χ1v) is 7.13. The second kappa shape index (κ2) is 6.05. The smallest absolute Gasteiger partial charge is 0.0409 e. The summed E-state index contributed by atoms with van der Waals surface area (Å²) in [4.78, 5) is 2.50. The molecule has 1 aromatic rings. The number of hydrogen-bond acceptors (Lipinski definition) is 2. The lowest BCUT2D eigenvalue weighted by Crippen LogP contribution is -2.49. The highest BCUT2D eigenvalue weighted by atomic mass is 35.5. The SMILES string of the molecule is CNCC1CCC1N(C)C(C)c1cccc(Cl)c1. The fraction of sp³-hybridized carbons (Fsp3) is 0.600. The molecule has 100 valence electrons. The van der Waals surface area contributed by atoms with Crippen LogP contribution in [0.2, 0.25) is 5.02 Å². The summed E-state index contributed by atoms with van der Waals surface area (Å²) in [7, 11) is 4.27. The van der Waals surface area contributed by atoms with Crippen molar-refractivity contribution >= 4 is 11.6 Å². The number of halogens is 1. The molecule has 2 rings (SSSR count). The fourth-order valence-corrected chi connectivity index (χ4v) is 3.08. The van der Waals surface area contributed by atoms with Crippen molar-refractivity contribution in [2.75, 3.05) is 20.6 Å². The summed E-state index contributed by atoms with van der Waals surface area (Å²) < 4.78 is 0. The van der Waals surface area contributed by atoms with Crippen LogP contribution < -0.4 is 5.32 Å². The molecule has 1 saturated carbocycles. The molecule has 2 nitrogen and oxygen atoms in total. The molecule has 18 heavy (non-hydrogen) atoms. The molecule has 0 amide bonds. The highest BCUT2D eigenvalue weighted by Gasteiger charge is 2.35. The third kappa shape index (κ3) is 2.87. The Morgan fingerprint density at radius 1 is 1.44 bits per heavy atom. The van der Waals surface area contributed by atoms with Gasteiger partial charge in [-0.05, 0) is 64.0 Å². The normalized spacial score (nSPS) is 24.9. The summed E-state index contributed by atoms with van der Waals surface area (Å²) in [5.41, 5.74) is 1.31. The minimum atomic E-state index is 0.424. The lowest BCUT2D eigenvalue weighted by molar-refractivity contribution is 0.0559. The molecule has 1 aromatic carbocycles. The van der Waals surface area contributed by atoms with Crippen LogP contribution in [0.5, 0.6) is 0 Å². The molecule has 3 atom stereocenters. The van der Waals surface area contributed by atoms with Gasteiger partial charge in [0.2, 0.25) is 0 Å². The highest BCUT2D eigenvalue weighted by molar-refractivity contribution is 6.30. The molecule has 0 saturated heterocycles. The van der Waals surface area contributed by atoms with Gasteiger partial charge in [-0.3, -0.25) is 4.90 Å². The Morgan fingerprint density at radius 2 is 2.22 bits per heavy atom. The molecule has 3 unspecified atom stereocenters. The topological polar surface area (TPSA) is 15.3 Å². The molecule has 0 radical (unpaired) electrons. The predicted octanol–water partition coefficient (Wildman–Crippen LogP) is 3.33. The summed E-state index contributed by atoms with van der Waals surface area (Å²) >= 11 is 6.07. The van der Waals surface area contributed by atoms with Crippen LogP contribution in [0.1, 0.15) is 31.4 Å². The van der Waals surface area contributed by atoms with E-state index in [1.54, 1.807) is 0 Å². The van der Waals surface area contributed by atoms with Crippen LogP contribution in [0.3, 0.4) is 0 Å². The van der Waals surface area contributed by atoms with E-state index in [1.165, 1.54) is 18.4 Å². The van der Waals surface area contributed by atoms with Gasteiger partial charge in [-0.2, -0.15) is 0 Å². The van der Waals surface area contributed by atoms with Gasteiger partial charge in [0.15, 0.2) is 0 Å². The van der Waals surface area contributed by atoms with Gasteiger partial charge in [-0.1, -0.05) is 23.7 Å². The zero-order valence-corrected chi connectivity index (χ0v) is 12.2. The molecule has 0 heterocycles. The summed E-state index contributed by atoms with van der Waals surface area (Å²) in [6.07, 6.45) is 2.66. The van der Waals surface area contributed by atoms with Crippen molar-refractivity contribution in [3.05, 3.63) is 34.9 Å². The van der Waals surface area contributed by atoms with Gasteiger partial charge in [-0.25, -0.2) is 0 Å². The zero-order chi connectivity index (χ0) is 13.1. The quantitative estimate of drug-likeness (QED) is 0.880. The average Bonchev–Trinajstić information content (AvgIpc) is 2.33. The standard InChI is InChI=1S/C15H23ClN2/c1-11(12-5-4-6-14(16)9-12)18(3)15-8-7-13(15)10-17-2/h4-6,9,11,13,15,17H,7-8,10H2,1-3H3. The van der Waals surface area contributed by atoms with Gasteiger partial charge in [0.05, 0.1) is 0 Å². The van der Waals surface area contributed by atoms with Crippen LogP contribution in [0.15, 0.2) is 24.3 Å². The average molecular weight is 267 g/mol. The zero-order valence-electron chi connectivity index (χ0n) is 11.5. The van der Waals surface area contributed by atoms with Crippen LogP contribution >= 0.6 is 11.6 Å². The van der Waals surface area contributed by atoms with E-state index >= 15 is 0 Å². The van der Waals surface area contributed by atoms with Crippen molar-refractivity contribution in [1.82, 2.24) is 10.2 Å². The number of nitrogens with zero attached hydrogens (tertiary/aromatic N) is 1. The van der Waals surface area contributed by atoms with Crippen molar-refractivity contribution in [1.29, 1.82) is 0 Å². The maximum absolute atomic E-state index is 6.07. The Morgan fingerprint density at radius 3 is 2.78 bits per heavy atom. The third-order valence-corrected chi connectivity index (χ3v) is 4.54. The van der Waals surface area contributed by atoms with E-state index in [0.717, 1.165) is 17.5 Å². The van der Waals surface area contributed by atoms with E-state index in [-0.39, 0.29) is 0 Å². The number of hydrogen-bond donors (Lipinski definition) is 1. The lowest BCUT2D eigenvalue weighted by atomic mass is 9.78. The van der Waals surface area contributed by atoms with Gasteiger partial charge in [0, 0.05) is 17.1 Å². The Bertz CT molecular complexity index is 394.